The maximum absolute atomic E-state index is 13.5. The Kier molecular flexibility index (Phi) is 5.50. The first kappa shape index (κ1) is 20.1. The molecule has 1 fully saturated rings. The molecule has 1 N–H and O–H groups in total. The predicted molar refractivity (Wildman–Crippen MR) is 113 cm³/mol. The lowest BCUT2D eigenvalue weighted by molar-refractivity contribution is 0.0106. The first-order chi connectivity index (χ1) is 14.0. The van der Waals surface area contributed by atoms with Gasteiger partial charge in [0.2, 0.25) is 0 Å². The summed E-state index contributed by atoms with van der Waals surface area (Å²) in [6.07, 6.45) is 3.96. The van der Waals surface area contributed by atoms with Crippen LogP contribution in [0.4, 0.5) is 4.39 Å². The van der Waals surface area contributed by atoms with Gasteiger partial charge in [-0.3, -0.25) is 0 Å². The fraction of sp³-hybridized carbons (Fsp3) is 0.440. The summed E-state index contributed by atoms with van der Waals surface area (Å²) in [4.78, 5) is 0. The van der Waals surface area contributed by atoms with Gasteiger partial charge in [0.15, 0.2) is 0 Å². The van der Waals surface area contributed by atoms with Crippen molar-refractivity contribution in [2.45, 2.75) is 44.1 Å². The van der Waals surface area contributed by atoms with Crippen LogP contribution in [0.5, 0.6) is 5.75 Å². The lowest BCUT2D eigenvalue weighted by atomic mass is 9.80. The molecule has 1 saturated carbocycles. The summed E-state index contributed by atoms with van der Waals surface area (Å²) in [6, 6.07) is 13.0. The molecule has 0 bridgehead atoms. The molecule has 0 aromatic heterocycles. The van der Waals surface area contributed by atoms with Gasteiger partial charge in [-0.15, -0.1) is 0 Å². The smallest absolute Gasteiger partial charge is 0.126 e. The van der Waals surface area contributed by atoms with Gasteiger partial charge >= 0.3 is 0 Å². The van der Waals surface area contributed by atoms with Crippen LogP contribution < -0.4 is 4.74 Å². The van der Waals surface area contributed by atoms with E-state index in [1.165, 1.54) is 17.7 Å². The van der Waals surface area contributed by atoms with Gasteiger partial charge in [-0.05, 0) is 71.7 Å². The van der Waals surface area contributed by atoms with Crippen LogP contribution >= 0.6 is 0 Å². The quantitative estimate of drug-likeness (QED) is 0.746. The molecule has 0 unspecified atom stereocenters. The highest BCUT2D eigenvalue weighted by molar-refractivity contribution is 5.75. The van der Waals surface area contributed by atoms with Gasteiger partial charge in [-0.25, -0.2) is 4.39 Å². The molecule has 1 heterocycles. The van der Waals surface area contributed by atoms with Crippen molar-refractivity contribution in [1.29, 1.82) is 0 Å². The van der Waals surface area contributed by atoms with E-state index >= 15 is 0 Å². The number of hydrogen-bond acceptors (Lipinski definition) is 3. The molecule has 2 aromatic rings. The largest absolute Gasteiger partial charge is 0.496 e. The van der Waals surface area contributed by atoms with Gasteiger partial charge in [0.25, 0.3) is 0 Å². The molecule has 4 rings (SSSR count). The Morgan fingerprint density at radius 2 is 1.97 bits per heavy atom. The van der Waals surface area contributed by atoms with Crippen LogP contribution in [0, 0.1) is 11.7 Å². The summed E-state index contributed by atoms with van der Waals surface area (Å²) < 4.78 is 25.6. The molecule has 3 atom stereocenters. The number of aliphatic hydroxyl groups excluding tert-OH is 1. The zero-order valence-electron chi connectivity index (χ0n) is 17.3. The van der Waals surface area contributed by atoms with Gasteiger partial charge in [-0.1, -0.05) is 32.0 Å². The molecule has 0 saturated heterocycles. The number of rotatable bonds is 5. The highest BCUT2D eigenvalue weighted by Gasteiger charge is 2.51. The average Bonchev–Trinajstić information content (AvgIpc) is 3.32. The van der Waals surface area contributed by atoms with Crippen LogP contribution in [0.15, 0.2) is 48.5 Å². The minimum atomic E-state index is -0.473. The predicted octanol–water partition coefficient (Wildman–Crippen LogP) is 5.30. The Hall–Kier alpha value is -2.17. The minimum absolute atomic E-state index is 0.00452. The number of benzene rings is 2. The Bertz CT molecular complexity index is 903. The summed E-state index contributed by atoms with van der Waals surface area (Å²) in [6.45, 7) is 4.97. The van der Waals surface area contributed by atoms with Gasteiger partial charge in [0.05, 0.1) is 19.3 Å². The van der Waals surface area contributed by atoms with Gasteiger partial charge in [-0.2, -0.15) is 0 Å². The molecule has 0 radical (unpaired) electrons. The number of halogens is 1. The molecule has 0 amide bonds. The maximum Gasteiger partial charge on any atom is 0.126 e. The Morgan fingerprint density at radius 1 is 1.21 bits per heavy atom. The molecular weight excluding hydrogens is 367 g/mol. The SMILES string of the molecule is COc1ccc(C(C)C)cc1C1=C[C@@]2(CC[C@H](CO)[C@H]2c2ccc(F)cc2)OC1. The van der Waals surface area contributed by atoms with Crippen molar-refractivity contribution < 1.29 is 19.0 Å². The second-order valence-corrected chi connectivity index (χ2v) is 8.54. The Morgan fingerprint density at radius 3 is 2.62 bits per heavy atom. The topological polar surface area (TPSA) is 38.7 Å². The van der Waals surface area contributed by atoms with E-state index in [0.717, 1.165) is 35.3 Å². The van der Waals surface area contributed by atoms with Crippen molar-refractivity contribution in [3.63, 3.8) is 0 Å². The van der Waals surface area contributed by atoms with Gasteiger partial charge in [0, 0.05) is 18.1 Å². The van der Waals surface area contributed by atoms with E-state index in [0.29, 0.717) is 12.5 Å². The van der Waals surface area contributed by atoms with E-state index < -0.39 is 5.60 Å². The molecule has 1 aliphatic heterocycles. The molecule has 154 valence electrons. The van der Waals surface area contributed by atoms with Crippen LogP contribution in [0.2, 0.25) is 0 Å². The summed E-state index contributed by atoms with van der Waals surface area (Å²) in [5, 5.41) is 9.99. The monoisotopic (exact) mass is 396 g/mol. The fourth-order valence-electron chi connectivity index (χ4n) is 4.96. The number of methoxy groups -OCH3 is 1. The summed E-state index contributed by atoms with van der Waals surface area (Å²) in [5.74, 6) is 1.12. The summed E-state index contributed by atoms with van der Waals surface area (Å²) in [7, 11) is 1.69. The van der Waals surface area contributed by atoms with Crippen LogP contribution in [0.1, 0.15) is 55.2 Å². The van der Waals surface area contributed by atoms with Crippen molar-refractivity contribution in [3.8, 4) is 5.75 Å². The Labute approximate surface area is 172 Å². The van der Waals surface area contributed by atoms with Crippen molar-refractivity contribution in [3.05, 3.63) is 71.0 Å². The van der Waals surface area contributed by atoms with E-state index in [1.807, 2.05) is 18.2 Å². The minimum Gasteiger partial charge on any atom is -0.496 e. The molecule has 1 aliphatic carbocycles. The molecular formula is C25H29FO3. The number of hydrogen-bond donors (Lipinski definition) is 1. The van der Waals surface area contributed by atoms with Crippen LogP contribution in [-0.2, 0) is 4.74 Å². The first-order valence-corrected chi connectivity index (χ1v) is 10.4. The lowest BCUT2D eigenvalue weighted by Crippen LogP contribution is -2.33. The van der Waals surface area contributed by atoms with Crippen LogP contribution in [-0.4, -0.2) is 31.0 Å². The average molecular weight is 397 g/mol. The third-order valence-corrected chi connectivity index (χ3v) is 6.52. The molecule has 3 nitrogen and oxygen atoms in total. The van der Waals surface area contributed by atoms with Gasteiger partial charge in [0.1, 0.15) is 11.6 Å². The molecule has 29 heavy (non-hydrogen) atoms. The van der Waals surface area contributed by atoms with E-state index in [1.54, 1.807) is 7.11 Å². The Balaban J connectivity index is 1.76. The zero-order valence-corrected chi connectivity index (χ0v) is 17.3. The second kappa shape index (κ2) is 7.92. The molecule has 2 aliphatic rings. The lowest BCUT2D eigenvalue weighted by Gasteiger charge is -2.32. The van der Waals surface area contributed by atoms with Crippen molar-refractivity contribution in [1.82, 2.24) is 0 Å². The second-order valence-electron chi connectivity index (χ2n) is 8.54. The standard InChI is InChI=1S/C25H29FO3/c1-16(2)18-6-9-23(28-3)22(12-18)20-13-25(29-15-20)11-10-19(14-27)24(25)17-4-7-21(26)8-5-17/h4-9,12-13,16,19,24,27H,10-11,14-15H2,1-3H3/t19-,24-,25-/m1/s1. The summed E-state index contributed by atoms with van der Waals surface area (Å²) in [5.41, 5.74) is 4.00. The van der Waals surface area contributed by atoms with E-state index in [-0.39, 0.29) is 24.3 Å². The maximum atomic E-state index is 13.5. The fourth-order valence-corrected chi connectivity index (χ4v) is 4.96. The van der Waals surface area contributed by atoms with Crippen molar-refractivity contribution in [2.24, 2.45) is 5.92 Å². The molecule has 1 spiro atoms. The van der Waals surface area contributed by atoms with E-state index in [2.05, 4.69) is 32.1 Å². The van der Waals surface area contributed by atoms with Crippen molar-refractivity contribution in [2.75, 3.05) is 20.3 Å². The summed E-state index contributed by atoms with van der Waals surface area (Å²) >= 11 is 0. The van der Waals surface area contributed by atoms with Gasteiger partial charge < -0.3 is 14.6 Å². The first-order valence-electron chi connectivity index (χ1n) is 10.4. The van der Waals surface area contributed by atoms with Crippen LogP contribution in [0.25, 0.3) is 5.57 Å². The zero-order chi connectivity index (χ0) is 20.6. The van der Waals surface area contributed by atoms with Crippen molar-refractivity contribution >= 4 is 5.57 Å². The number of ether oxygens (including phenoxy) is 2. The van der Waals surface area contributed by atoms with Crippen LogP contribution in [0.3, 0.4) is 0 Å². The highest BCUT2D eigenvalue weighted by Crippen LogP contribution is 2.53. The normalized spacial score (nSPS) is 26.3. The molecule has 2 aromatic carbocycles. The van der Waals surface area contributed by atoms with E-state index in [4.69, 9.17) is 9.47 Å². The molecule has 4 heteroatoms. The number of aliphatic hydroxyl groups is 1. The van der Waals surface area contributed by atoms with E-state index in [9.17, 15) is 9.50 Å². The highest BCUT2D eigenvalue weighted by atomic mass is 19.1. The third-order valence-electron chi connectivity index (χ3n) is 6.52. The third kappa shape index (κ3) is 3.60.